The molecule has 0 fully saturated rings. The van der Waals surface area contributed by atoms with Crippen molar-refractivity contribution in [3.05, 3.63) is 63.0 Å². The molecular formula is C17H12Br2N2O. The van der Waals surface area contributed by atoms with E-state index in [9.17, 15) is 5.11 Å². The molecular weight excluding hydrogens is 408 g/mol. The van der Waals surface area contributed by atoms with Gasteiger partial charge in [-0.3, -0.25) is 0 Å². The van der Waals surface area contributed by atoms with Gasteiger partial charge in [-0.2, -0.15) is 0 Å². The molecule has 3 aromatic carbocycles. The quantitative estimate of drug-likeness (QED) is 0.480. The largest absolute Gasteiger partial charge is 0.506 e. The Hall–Kier alpha value is -1.72. The molecule has 3 aromatic rings. The topological polar surface area (TPSA) is 44.3 Å². The average Bonchev–Trinajstić information content (AvgIpc) is 2.51. The summed E-state index contributed by atoms with van der Waals surface area (Å²) in [6, 6.07) is 16.1. The maximum absolute atomic E-state index is 10.4. The molecule has 0 aromatic heterocycles. The summed E-state index contributed by atoms with van der Waals surface area (Å²) in [5, 5.41) is 19.7. The zero-order valence-electron chi connectivity index (χ0n) is 11.4. The van der Waals surface area contributed by atoms with Gasteiger partial charge < -0.3 is 15.7 Å². The number of nitrogens with one attached hydrogen (secondary N) is 2. The summed E-state index contributed by atoms with van der Waals surface area (Å²) in [6.07, 6.45) is -0.200. The second-order valence-electron chi connectivity index (χ2n) is 5.26. The van der Waals surface area contributed by atoms with Gasteiger partial charge in [0.1, 0.15) is 11.9 Å². The standard InChI is InChI=1S/C17H12Br2N2O/c18-10-7-11(16(22)12(19)8-10)17-20-13-5-1-3-9-4-2-6-14(21-17)15(9)13/h1-8,17,20-22H. The van der Waals surface area contributed by atoms with Crippen LogP contribution in [0.25, 0.3) is 10.8 Å². The third kappa shape index (κ3) is 2.16. The lowest BCUT2D eigenvalue weighted by molar-refractivity contribution is 0.462. The highest BCUT2D eigenvalue weighted by Gasteiger charge is 2.23. The highest BCUT2D eigenvalue weighted by atomic mass is 79.9. The summed E-state index contributed by atoms with van der Waals surface area (Å²) >= 11 is 6.87. The Labute approximate surface area is 144 Å². The van der Waals surface area contributed by atoms with Crippen LogP contribution < -0.4 is 10.6 Å². The van der Waals surface area contributed by atoms with Crippen LogP contribution in [0.2, 0.25) is 0 Å². The van der Waals surface area contributed by atoms with Crippen molar-refractivity contribution in [1.82, 2.24) is 0 Å². The summed E-state index contributed by atoms with van der Waals surface area (Å²) in [5.41, 5.74) is 2.91. The van der Waals surface area contributed by atoms with Crippen LogP contribution in [0, 0.1) is 0 Å². The summed E-state index contributed by atoms with van der Waals surface area (Å²) in [6.45, 7) is 0. The summed E-state index contributed by atoms with van der Waals surface area (Å²) in [5.74, 6) is 0.236. The molecule has 22 heavy (non-hydrogen) atoms. The van der Waals surface area contributed by atoms with Crippen molar-refractivity contribution >= 4 is 54.0 Å². The summed E-state index contributed by atoms with van der Waals surface area (Å²) in [7, 11) is 0. The third-order valence-corrected chi connectivity index (χ3v) is 4.94. The Morgan fingerprint density at radius 2 is 1.55 bits per heavy atom. The van der Waals surface area contributed by atoms with Gasteiger partial charge in [-0.15, -0.1) is 0 Å². The van der Waals surface area contributed by atoms with Crippen LogP contribution in [0.15, 0.2) is 57.5 Å². The van der Waals surface area contributed by atoms with E-state index in [0.29, 0.717) is 4.47 Å². The van der Waals surface area contributed by atoms with E-state index < -0.39 is 0 Å². The number of halogens is 2. The molecule has 5 heteroatoms. The maximum atomic E-state index is 10.4. The van der Waals surface area contributed by atoms with Crippen molar-refractivity contribution < 1.29 is 5.11 Å². The van der Waals surface area contributed by atoms with E-state index in [1.165, 1.54) is 10.8 Å². The first-order valence-electron chi connectivity index (χ1n) is 6.86. The molecule has 0 bridgehead atoms. The van der Waals surface area contributed by atoms with Crippen LogP contribution in [0.4, 0.5) is 11.4 Å². The van der Waals surface area contributed by atoms with Gasteiger partial charge in [-0.25, -0.2) is 0 Å². The van der Waals surface area contributed by atoms with Crippen LogP contribution in [0.1, 0.15) is 11.7 Å². The van der Waals surface area contributed by atoms with Crippen LogP contribution in [0.5, 0.6) is 5.75 Å². The molecule has 4 rings (SSSR count). The predicted molar refractivity (Wildman–Crippen MR) is 97.4 cm³/mol. The molecule has 0 radical (unpaired) electrons. The van der Waals surface area contributed by atoms with Gasteiger partial charge in [0.15, 0.2) is 0 Å². The van der Waals surface area contributed by atoms with E-state index in [2.05, 4.69) is 66.8 Å². The molecule has 3 N–H and O–H groups in total. The van der Waals surface area contributed by atoms with Gasteiger partial charge in [-0.1, -0.05) is 40.2 Å². The molecule has 1 aliphatic rings. The highest BCUT2D eigenvalue weighted by molar-refractivity contribution is 9.11. The second-order valence-corrected chi connectivity index (χ2v) is 7.03. The van der Waals surface area contributed by atoms with Crippen molar-refractivity contribution in [2.45, 2.75) is 6.17 Å². The third-order valence-electron chi connectivity index (χ3n) is 3.87. The minimum absolute atomic E-state index is 0.200. The normalized spacial score (nSPS) is 13.7. The Morgan fingerprint density at radius 1 is 0.909 bits per heavy atom. The number of benzene rings is 3. The smallest absolute Gasteiger partial charge is 0.136 e. The minimum atomic E-state index is -0.200. The number of hydrogen-bond donors (Lipinski definition) is 3. The molecule has 0 aliphatic carbocycles. The molecule has 0 saturated heterocycles. The number of anilines is 2. The van der Waals surface area contributed by atoms with Crippen molar-refractivity contribution in [3.63, 3.8) is 0 Å². The second kappa shape index (κ2) is 5.18. The van der Waals surface area contributed by atoms with Crippen molar-refractivity contribution in [2.75, 3.05) is 10.6 Å². The molecule has 3 nitrogen and oxygen atoms in total. The number of rotatable bonds is 1. The highest BCUT2D eigenvalue weighted by Crippen LogP contribution is 2.42. The van der Waals surface area contributed by atoms with E-state index in [4.69, 9.17) is 0 Å². The molecule has 0 spiro atoms. The van der Waals surface area contributed by atoms with Gasteiger partial charge in [0, 0.05) is 26.8 Å². The van der Waals surface area contributed by atoms with Gasteiger partial charge in [0.25, 0.3) is 0 Å². The Morgan fingerprint density at radius 3 is 2.18 bits per heavy atom. The van der Waals surface area contributed by atoms with Crippen LogP contribution in [0.3, 0.4) is 0 Å². The average molecular weight is 420 g/mol. The van der Waals surface area contributed by atoms with E-state index in [1.54, 1.807) is 0 Å². The SMILES string of the molecule is Oc1c(Br)cc(Br)cc1C1Nc2cccc3cccc(c23)N1. The lowest BCUT2D eigenvalue weighted by atomic mass is 10.0. The van der Waals surface area contributed by atoms with Crippen LogP contribution in [-0.4, -0.2) is 5.11 Å². The van der Waals surface area contributed by atoms with Gasteiger partial charge in [0.05, 0.1) is 4.47 Å². The Bertz CT molecular complexity index is 854. The molecule has 0 unspecified atom stereocenters. The summed E-state index contributed by atoms with van der Waals surface area (Å²) < 4.78 is 1.57. The first-order chi connectivity index (χ1) is 10.6. The molecule has 1 aliphatic heterocycles. The predicted octanol–water partition coefficient (Wildman–Crippen LogP) is 5.61. The fourth-order valence-corrected chi connectivity index (χ4v) is 4.15. The van der Waals surface area contributed by atoms with Crippen molar-refractivity contribution in [2.24, 2.45) is 0 Å². The monoisotopic (exact) mass is 418 g/mol. The number of phenolic OH excluding ortho intramolecular Hbond substituents is 1. The van der Waals surface area contributed by atoms with E-state index in [-0.39, 0.29) is 11.9 Å². The molecule has 110 valence electrons. The van der Waals surface area contributed by atoms with Gasteiger partial charge in [0.2, 0.25) is 0 Å². The van der Waals surface area contributed by atoms with Gasteiger partial charge >= 0.3 is 0 Å². The lowest BCUT2D eigenvalue weighted by Gasteiger charge is -2.30. The van der Waals surface area contributed by atoms with Crippen molar-refractivity contribution in [1.29, 1.82) is 0 Å². The zero-order chi connectivity index (χ0) is 15.3. The first kappa shape index (κ1) is 13.9. The Kier molecular flexibility index (Phi) is 3.27. The fourth-order valence-electron chi connectivity index (χ4n) is 2.89. The van der Waals surface area contributed by atoms with Crippen LogP contribution >= 0.6 is 31.9 Å². The zero-order valence-corrected chi connectivity index (χ0v) is 14.6. The lowest BCUT2D eigenvalue weighted by Crippen LogP contribution is -2.23. The van der Waals surface area contributed by atoms with Crippen LogP contribution in [-0.2, 0) is 0 Å². The molecule has 0 atom stereocenters. The number of phenols is 1. The van der Waals surface area contributed by atoms with Crippen molar-refractivity contribution in [3.8, 4) is 5.75 Å². The maximum Gasteiger partial charge on any atom is 0.136 e. The van der Waals surface area contributed by atoms with E-state index in [0.717, 1.165) is 21.4 Å². The van der Waals surface area contributed by atoms with E-state index in [1.807, 2.05) is 24.3 Å². The van der Waals surface area contributed by atoms with Gasteiger partial charge in [-0.05, 0) is 45.6 Å². The Balaban J connectivity index is 1.86. The molecule has 0 saturated carbocycles. The first-order valence-corrected chi connectivity index (χ1v) is 8.45. The molecule has 0 amide bonds. The van der Waals surface area contributed by atoms with E-state index >= 15 is 0 Å². The minimum Gasteiger partial charge on any atom is -0.506 e. The number of aromatic hydroxyl groups is 1. The number of hydrogen-bond acceptors (Lipinski definition) is 3. The summed E-state index contributed by atoms with van der Waals surface area (Å²) in [4.78, 5) is 0. The fraction of sp³-hybridized carbons (Fsp3) is 0.0588. The molecule has 1 heterocycles.